The molecule has 0 radical (unpaired) electrons. The fourth-order valence-electron chi connectivity index (χ4n) is 3.01. The number of benzene rings is 2. The average molecular weight is 366 g/mol. The standard InChI is InChI=1S/C20H15FN2O2S/c21-15-6-3-14(4-7-15)19(24)22-16-8-5-13-9-10-23(17(13)12-16)20(25)18-2-1-11-26-18/h1-8,11-12H,9-10H2,(H,22,24). The van der Waals surface area contributed by atoms with Gasteiger partial charge in [0.2, 0.25) is 0 Å². The van der Waals surface area contributed by atoms with E-state index in [1.165, 1.54) is 35.6 Å². The van der Waals surface area contributed by atoms with Gasteiger partial charge < -0.3 is 10.2 Å². The third kappa shape index (κ3) is 3.11. The Morgan fingerprint density at radius 3 is 2.62 bits per heavy atom. The number of carbonyl (C=O) groups is 2. The molecule has 6 heteroatoms. The molecule has 2 amide bonds. The Morgan fingerprint density at radius 2 is 1.88 bits per heavy atom. The van der Waals surface area contributed by atoms with Crippen molar-refractivity contribution in [2.24, 2.45) is 0 Å². The molecule has 1 aromatic heterocycles. The minimum absolute atomic E-state index is 0.0271. The van der Waals surface area contributed by atoms with E-state index in [1.54, 1.807) is 4.90 Å². The zero-order valence-corrected chi connectivity index (χ0v) is 14.6. The number of halogens is 1. The highest BCUT2D eigenvalue weighted by Crippen LogP contribution is 2.32. The van der Waals surface area contributed by atoms with Crippen LogP contribution in [0.5, 0.6) is 0 Å². The monoisotopic (exact) mass is 366 g/mol. The zero-order chi connectivity index (χ0) is 18.1. The van der Waals surface area contributed by atoms with Gasteiger partial charge in [-0.05, 0) is 59.8 Å². The Kier molecular flexibility index (Phi) is 4.26. The fraction of sp³-hybridized carbons (Fsp3) is 0.100. The first-order valence-electron chi connectivity index (χ1n) is 8.17. The number of rotatable bonds is 3. The maximum atomic E-state index is 13.0. The summed E-state index contributed by atoms with van der Waals surface area (Å²) in [6.45, 7) is 0.626. The van der Waals surface area contributed by atoms with E-state index in [-0.39, 0.29) is 17.6 Å². The molecule has 0 aliphatic carbocycles. The summed E-state index contributed by atoms with van der Waals surface area (Å²) in [5.41, 5.74) is 2.87. The minimum Gasteiger partial charge on any atom is -0.322 e. The lowest BCUT2D eigenvalue weighted by atomic mass is 10.1. The maximum absolute atomic E-state index is 13.0. The highest BCUT2D eigenvalue weighted by molar-refractivity contribution is 7.12. The van der Waals surface area contributed by atoms with Crippen LogP contribution in [0.4, 0.5) is 15.8 Å². The van der Waals surface area contributed by atoms with Crippen LogP contribution in [0.25, 0.3) is 0 Å². The van der Waals surface area contributed by atoms with E-state index in [2.05, 4.69) is 5.32 Å². The molecule has 1 aliphatic heterocycles. The Bertz CT molecular complexity index is 968. The lowest BCUT2D eigenvalue weighted by Gasteiger charge is -2.17. The SMILES string of the molecule is O=C(Nc1ccc2c(c1)N(C(=O)c1cccs1)CC2)c1ccc(F)cc1. The molecule has 1 N–H and O–H groups in total. The number of hydrogen-bond acceptors (Lipinski definition) is 3. The molecule has 4 rings (SSSR count). The van der Waals surface area contributed by atoms with Gasteiger partial charge in [0.1, 0.15) is 5.82 Å². The van der Waals surface area contributed by atoms with E-state index in [0.29, 0.717) is 22.7 Å². The minimum atomic E-state index is -0.387. The molecule has 0 atom stereocenters. The molecule has 0 spiro atoms. The Hall–Kier alpha value is -2.99. The number of hydrogen-bond donors (Lipinski definition) is 1. The molecule has 2 heterocycles. The first-order valence-corrected chi connectivity index (χ1v) is 9.05. The Balaban J connectivity index is 1.57. The normalized spacial score (nSPS) is 12.7. The van der Waals surface area contributed by atoms with Crippen LogP contribution in [0.15, 0.2) is 60.0 Å². The van der Waals surface area contributed by atoms with Crippen molar-refractivity contribution in [3.63, 3.8) is 0 Å². The van der Waals surface area contributed by atoms with Gasteiger partial charge in [0.05, 0.1) is 4.88 Å². The van der Waals surface area contributed by atoms with Gasteiger partial charge in [-0.2, -0.15) is 0 Å². The summed E-state index contributed by atoms with van der Waals surface area (Å²) in [4.78, 5) is 27.4. The number of anilines is 2. The molecule has 0 saturated carbocycles. The molecule has 26 heavy (non-hydrogen) atoms. The van der Waals surface area contributed by atoms with Crippen molar-refractivity contribution >= 4 is 34.5 Å². The van der Waals surface area contributed by atoms with Crippen LogP contribution in [-0.2, 0) is 6.42 Å². The van der Waals surface area contributed by atoms with Crippen molar-refractivity contribution in [2.45, 2.75) is 6.42 Å². The van der Waals surface area contributed by atoms with Gasteiger partial charge in [-0.15, -0.1) is 11.3 Å². The highest BCUT2D eigenvalue weighted by Gasteiger charge is 2.26. The lowest BCUT2D eigenvalue weighted by Crippen LogP contribution is -2.28. The summed E-state index contributed by atoms with van der Waals surface area (Å²) >= 11 is 1.41. The number of fused-ring (bicyclic) bond motifs is 1. The van der Waals surface area contributed by atoms with Gasteiger partial charge in [-0.25, -0.2) is 4.39 Å². The van der Waals surface area contributed by atoms with Gasteiger partial charge >= 0.3 is 0 Å². The smallest absolute Gasteiger partial charge is 0.268 e. The van der Waals surface area contributed by atoms with Gasteiger partial charge in [-0.3, -0.25) is 9.59 Å². The van der Waals surface area contributed by atoms with E-state index >= 15 is 0 Å². The molecule has 2 aromatic carbocycles. The van der Waals surface area contributed by atoms with Crippen LogP contribution in [0, 0.1) is 5.82 Å². The average Bonchev–Trinajstić information content (AvgIpc) is 3.31. The first kappa shape index (κ1) is 16.5. The molecule has 0 unspecified atom stereocenters. The number of nitrogens with one attached hydrogen (secondary N) is 1. The highest BCUT2D eigenvalue weighted by atomic mass is 32.1. The topological polar surface area (TPSA) is 49.4 Å². The molecular weight excluding hydrogens is 351 g/mol. The number of nitrogens with zero attached hydrogens (tertiary/aromatic N) is 1. The third-order valence-electron chi connectivity index (χ3n) is 4.32. The summed E-state index contributed by atoms with van der Waals surface area (Å²) in [6, 6.07) is 14.6. The van der Waals surface area contributed by atoms with Gasteiger partial charge in [0.15, 0.2) is 0 Å². The first-order chi connectivity index (χ1) is 12.6. The van der Waals surface area contributed by atoms with E-state index in [0.717, 1.165) is 17.7 Å². The number of amides is 2. The second-order valence-corrected chi connectivity index (χ2v) is 6.94. The molecular formula is C20H15FN2O2S. The molecule has 130 valence electrons. The molecule has 0 fully saturated rings. The number of thiophene rings is 1. The van der Waals surface area contributed by atoms with E-state index in [1.807, 2.05) is 35.7 Å². The van der Waals surface area contributed by atoms with Crippen LogP contribution in [0.2, 0.25) is 0 Å². The molecule has 1 aliphatic rings. The summed E-state index contributed by atoms with van der Waals surface area (Å²) in [5.74, 6) is -0.735. The summed E-state index contributed by atoms with van der Waals surface area (Å²) < 4.78 is 13.0. The van der Waals surface area contributed by atoms with Crippen molar-refractivity contribution in [2.75, 3.05) is 16.8 Å². The van der Waals surface area contributed by atoms with Crippen molar-refractivity contribution in [3.05, 3.63) is 81.8 Å². The van der Waals surface area contributed by atoms with Gasteiger partial charge in [0.25, 0.3) is 11.8 Å². The van der Waals surface area contributed by atoms with Crippen LogP contribution in [0.3, 0.4) is 0 Å². The lowest BCUT2D eigenvalue weighted by molar-refractivity contribution is 0.0991. The summed E-state index contributed by atoms with van der Waals surface area (Å²) in [7, 11) is 0. The third-order valence-corrected chi connectivity index (χ3v) is 5.18. The van der Waals surface area contributed by atoms with Crippen molar-refractivity contribution in [1.29, 1.82) is 0 Å². The number of carbonyl (C=O) groups excluding carboxylic acids is 2. The van der Waals surface area contributed by atoms with E-state index < -0.39 is 0 Å². The quantitative estimate of drug-likeness (QED) is 0.749. The van der Waals surface area contributed by atoms with Crippen LogP contribution >= 0.6 is 11.3 Å². The molecule has 4 nitrogen and oxygen atoms in total. The van der Waals surface area contributed by atoms with Gasteiger partial charge in [-0.1, -0.05) is 12.1 Å². The van der Waals surface area contributed by atoms with Crippen molar-refractivity contribution in [1.82, 2.24) is 0 Å². The van der Waals surface area contributed by atoms with Crippen molar-refractivity contribution < 1.29 is 14.0 Å². The Morgan fingerprint density at radius 1 is 1.08 bits per heavy atom. The van der Waals surface area contributed by atoms with E-state index in [9.17, 15) is 14.0 Å². The Labute approximate surface area is 153 Å². The molecule has 3 aromatic rings. The van der Waals surface area contributed by atoms with Crippen LogP contribution in [-0.4, -0.2) is 18.4 Å². The molecule has 0 saturated heterocycles. The fourth-order valence-corrected chi connectivity index (χ4v) is 3.68. The largest absolute Gasteiger partial charge is 0.322 e. The van der Waals surface area contributed by atoms with Crippen LogP contribution in [0.1, 0.15) is 25.6 Å². The maximum Gasteiger partial charge on any atom is 0.268 e. The van der Waals surface area contributed by atoms with Gasteiger partial charge in [0, 0.05) is 23.5 Å². The molecule has 0 bridgehead atoms. The summed E-state index contributed by atoms with van der Waals surface area (Å²) in [5, 5.41) is 4.68. The van der Waals surface area contributed by atoms with Crippen LogP contribution < -0.4 is 10.2 Å². The van der Waals surface area contributed by atoms with Crippen molar-refractivity contribution in [3.8, 4) is 0 Å². The zero-order valence-electron chi connectivity index (χ0n) is 13.7. The van der Waals surface area contributed by atoms with E-state index in [4.69, 9.17) is 0 Å². The second kappa shape index (κ2) is 6.72. The predicted molar refractivity (Wildman–Crippen MR) is 100 cm³/mol. The second-order valence-electron chi connectivity index (χ2n) is 5.99. The summed E-state index contributed by atoms with van der Waals surface area (Å²) in [6.07, 6.45) is 0.790. The predicted octanol–water partition coefficient (Wildman–Crippen LogP) is 4.34.